The topological polar surface area (TPSA) is 32.3 Å². The molecule has 0 aliphatic heterocycles. The van der Waals surface area contributed by atoms with Crippen LogP contribution in [0.4, 0.5) is 0 Å². The summed E-state index contributed by atoms with van der Waals surface area (Å²) in [6, 6.07) is 0.518. The highest BCUT2D eigenvalue weighted by Gasteiger charge is 2.18. The molecule has 70 valence electrons. The standard InChI is InChI=1S/C9H16ClNO/c1-7(10)6-11-8-2-4-9(12)5-3-8/h8-9,11-12H,1-6H2. The Bertz CT molecular complexity index is 153. The van der Waals surface area contributed by atoms with Gasteiger partial charge in [-0.25, -0.2) is 0 Å². The van der Waals surface area contributed by atoms with Crippen molar-refractivity contribution in [2.24, 2.45) is 0 Å². The van der Waals surface area contributed by atoms with Gasteiger partial charge in [0.1, 0.15) is 0 Å². The molecule has 12 heavy (non-hydrogen) atoms. The third kappa shape index (κ3) is 3.57. The number of hydrogen-bond donors (Lipinski definition) is 2. The van der Waals surface area contributed by atoms with Gasteiger partial charge < -0.3 is 10.4 Å². The van der Waals surface area contributed by atoms with Crippen LogP contribution in [0.3, 0.4) is 0 Å². The Kier molecular flexibility index (Phi) is 4.06. The van der Waals surface area contributed by atoms with E-state index in [4.69, 9.17) is 11.6 Å². The molecule has 0 amide bonds. The maximum atomic E-state index is 9.23. The Morgan fingerprint density at radius 1 is 1.42 bits per heavy atom. The fourth-order valence-corrected chi connectivity index (χ4v) is 1.61. The Hall–Kier alpha value is -0.0500. The summed E-state index contributed by atoms with van der Waals surface area (Å²) >= 11 is 5.62. The minimum absolute atomic E-state index is 0.0812. The van der Waals surface area contributed by atoms with Gasteiger partial charge in [-0.05, 0) is 25.7 Å². The summed E-state index contributed by atoms with van der Waals surface area (Å²) in [6.07, 6.45) is 3.83. The molecule has 1 rings (SSSR count). The fourth-order valence-electron chi connectivity index (χ4n) is 1.54. The number of rotatable bonds is 3. The van der Waals surface area contributed by atoms with Gasteiger partial charge in [-0.15, -0.1) is 0 Å². The van der Waals surface area contributed by atoms with Crippen molar-refractivity contribution in [2.45, 2.75) is 37.8 Å². The summed E-state index contributed by atoms with van der Waals surface area (Å²) in [4.78, 5) is 0. The summed E-state index contributed by atoms with van der Waals surface area (Å²) in [5.41, 5.74) is 0. The Balaban J connectivity index is 2.13. The molecule has 0 aromatic carbocycles. The van der Waals surface area contributed by atoms with Gasteiger partial charge in [0.25, 0.3) is 0 Å². The van der Waals surface area contributed by atoms with Crippen LogP contribution in [0.25, 0.3) is 0 Å². The van der Waals surface area contributed by atoms with Crippen LogP contribution in [-0.4, -0.2) is 23.8 Å². The number of halogens is 1. The largest absolute Gasteiger partial charge is 0.393 e. The molecule has 0 bridgehead atoms. The van der Waals surface area contributed by atoms with Gasteiger partial charge in [0.2, 0.25) is 0 Å². The zero-order valence-corrected chi connectivity index (χ0v) is 7.98. The molecular formula is C9H16ClNO. The van der Waals surface area contributed by atoms with Gasteiger partial charge in [0.05, 0.1) is 6.10 Å². The van der Waals surface area contributed by atoms with E-state index >= 15 is 0 Å². The van der Waals surface area contributed by atoms with Crippen LogP contribution >= 0.6 is 11.6 Å². The van der Waals surface area contributed by atoms with Crippen molar-refractivity contribution < 1.29 is 5.11 Å². The molecule has 2 N–H and O–H groups in total. The number of aliphatic hydroxyl groups is 1. The molecule has 0 heterocycles. The maximum absolute atomic E-state index is 9.23. The van der Waals surface area contributed by atoms with Crippen LogP contribution in [0, 0.1) is 0 Å². The Morgan fingerprint density at radius 2 is 2.00 bits per heavy atom. The normalized spacial score (nSPS) is 30.2. The van der Waals surface area contributed by atoms with Crippen molar-refractivity contribution in [3.05, 3.63) is 11.6 Å². The second-order valence-corrected chi connectivity index (χ2v) is 3.94. The first-order valence-electron chi connectivity index (χ1n) is 4.43. The lowest BCUT2D eigenvalue weighted by Crippen LogP contribution is -2.35. The smallest absolute Gasteiger partial charge is 0.0541 e. The first-order valence-corrected chi connectivity index (χ1v) is 4.81. The van der Waals surface area contributed by atoms with Gasteiger partial charge in [0, 0.05) is 17.6 Å². The van der Waals surface area contributed by atoms with Crippen molar-refractivity contribution in [2.75, 3.05) is 6.54 Å². The lowest BCUT2D eigenvalue weighted by molar-refractivity contribution is 0.117. The van der Waals surface area contributed by atoms with Gasteiger partial charge in [-0.1, -0.05) is 18.2 Å². The summed E-state index contributed by atoms with van der Waals surface area (Å²) in [6.45, 7) is 4.29. The number of aliphatic hydroxyl groups excluding tert-OH is 1. The minimum Gasteiger partial charge on any atom is -0.393 e. The van der Waals surface area contributed by atoms with Crippen molar-refractivity contribution in [1.29, 1.82) is 0 Å². The van der Waals surface area contributed by atoms with Crippen LogP contribution in [-0.2, 0) is 0 Å². The van der Waals surface area contributed by atoms with E-state index in [-0.39, 0.29) is 6.10 Å². The fraction of sp³-hybridized carbons (Fsp3) is 0.778. The van der Waals surface area contributed by atoms with E-state index in [1.165, 1.54) is 0 Å². The van der Waals surface area contributed by atoms with E-state index in [0.29, 0.717) is 17.6 Å². The second kappa shape index (κ2) is 4.85. The molecule has 1 aliphatic carbocycles. The number of nitrogens with one attached hydrogen (secondary N) is 1. The maximum Gasteiger partial charge on any atom is 0.0541 e. The Morgan fingerprint density at radius 3 is 2.50 bits per heavy atom. The minimum atomic E-state index is -0.0812. The highest BCUT2D eigenvalue weighted by molar-refractivity contribution is 6.29. The van der Waals surface area contributed by atoms with Crippen LogP contribution in [0.5, 0.6) is 0 Å². The molecule has 3 heteroatoms. The van der Waals surface area contributed by atoms with Crippen molar-refractivity contribution >= 4 is 11.6 Å². The van der Waals surface area contributed by atoms with E-state index in [1.807, 2.05) is 0 Å². The molecular weight excluding hydrogens is 174 g/mol. The van der Waals surface area contributed by atoms with Crippen LogP contribution in [0.15, 0.2) is 11.6 Å². The zero-order valence-electron chi connectivity index (χ0n) is 7.22. The molecule has 2 nitrogen and oxygen atoms in total. The molecule has 0 radical (unpaired) electrons. The van der Waals surface area contributed by atoms with Crippen molar-refractivity contribution in [3.8, 4) is 0 Å². The van der Waals surface area contributed by atoms with Crippen LogP contribution < -0.4 is 5.32 Å². The van der Waals surface area contributed by atoms with E-state index in [2.05, 4.69) is 11.9 Å². The summed E-state index contributed by atoms with van der Waals surface area (Å²) < 4.78 is 0. The highest BCUT2D eigenvalue weighted by Crippen LogP contribution is 2.18. The van der Waals surface area contributed by atoms with Crippen LogP contribution in [0.1, 0.15) is 25.7 Å². The highest BCUT2D eigenvalue weighted by atomic mass is 35.5. The SMILES string of the molecule is C=C(Cl)CNC1CCC(O)CC1. The van der Waals surface area contributed by atoms with Gasteiger partial charge >= 0.3 is 0 Å². The first-order chi connectivity index (χ1) is 5.68. The van der Waals surface area contributed by atoms with Gasteiger partial charge in [0.15, 0.2) is 0 Å². The molecule has 0 unspecified atom stereocenters. The zero-order chi connectivity index (χ0) is 8.97. The van der Waals surface area contributed by atoms with Crippen molar-refractivity contribution in [3.63, 3.8) is 0 Å². The second-order valence-electron chi connectivity index (χ2n) is 3.40. The predicted octanol–water partition coefficient (Wildman–Crippen LogP) is 1.63. The van der Waals surface area contributed by atoms with Crippen molar-refractivity contribution in [1.82, 2.24) is 5.32 Å². The van der Waals surface area contributed by atoms with E-state index in [0.717, 1.165) is 25.7 Å². The van der Waals surface area contributed by atoms with E-state index in [1.54, 1.807) is 0 Å². The van der Waals surface area contributed by atoms with E-state index < -0.39 is 0 Å². The molecule has 1 fully saturated rings. The van der Waals surface area contributed by atoms with Crippen LogP contribution in [0.2, 0.25) is 0 Å². The quantitative estimate of drug-likeness (QED) is 0.708. The molecule has 1 saturated carbocycles. The van der Waals surface area contributed by atoms with Gasteiger partial charge in [-0.3, -0.25) is 0 Å². The lowest BCUT2D eigenvalue weighted by atomic mass is 9.93. The third-order valence-electron chi connectivity index (χ3n) is 2.28. The Labute approximate surface area is 78.6 Å². The summed E-state index contributed by atoms with van der Waals surface area (Å²) in [5, 5.41) is 13.2. The molecule has 0 atom stereocenters. The number of hydrogen-bond acceptors (Lipinski definition) is 2. The molecule has 0 aromatic rings. The average Bonchev–Trinajstić information content (AvgIpc) is 2.03. The molecule has 0 spiro atoms. The van der Waals surface area contributed by atoms with Gasteiger partial charge in [-0.2, -0.15) is 0 Å². The summed E-state index contributed by atoms with van der Waals surface area (Å²) in [5.74, 6) is 0. The predicted molar refractivity (Wildman–Crippen MR) is 51.3 cm³/mol. The molecule has 0 aromatic heterocycles. The monoisotopic (exact) mass is 189 g/mol. The van der Waals surface area contributed by atoms with E-state index in [9.17, 15) is 5.11 Å². The lowest BCUT2D eigenvalue weighted by Gasteiger charge is -2.26. The first kappa shape index (κ1) is 10.0. The third-order valence-corrected chi connectivity index (χ3v) is 2.41. The average molecular weight is 190 g/mol. The molecule has 1 aliphatic rings. The molecule has 0 saturated heterocycles. The summed E-state index contributed by atoms with van der Waals surface area (Å²) in [7, 11) is 0.